The molecule has 0 spiro atoms. The molecule has 0 aliphatic heterocycles. The van der Waals surface area contributed by atoms with Gasteiger partial charge in [0.1, 0.15) is 11.5 Å². The van der Waals surface area contributed by atoms with Crippen LogP contribution in [0.2, 0.25) is 0 Å². The molecule has 1 saturated carbocycles. The largest absolute Gasteiger partial charge is 0.455 e. The van der Waals surface area contributed by atoms with E-state index >= 15 is 0 Å². The first kappa shape index (κ1) is 17.0. The minimum absolute atomic E-state index is 0. The second kappa shape index (κ2) is 6.02. The summed E-state index contributed by atoms with van der Waals surface area (Å²) in [7, 11) is -3.14. The monoisotopic (exact) mass is 347 g/mol. The van der Waals surface area contributed by atoms with E-state index in [1.807, 2.05) is 0 Å². The molecule has 0 radical (unpaired) electrons. The molecule has 0 unspecified atom stereocenters. The number of furan rings is 1. The van der Waals surface area contributed by atoms with Crippen LogP contribution in [0, 0.1) is 0 Å². The van der Waals surface area contributed by atoms with E-state index in [1.54, 1.807) is 12.1 Å². The minimum Gasteiger partial charge on any atom is -0.455 e. The second-order valence-corrected chi connectivity index (χ2v) is 7.76. The summed E-state index contributed by atoms with van der Waals surface area (Å²) in [5, 5.41) is 3.94. The molecule has 1 fully saturated rings. The van der Waals surface area contributed by atoms with Gasteiger partial charge in [-0.3, -0.25) is 0 Å². The van der Waals surface area contributed by atoms with Crippen LogP contribution in [0.5, 0.6) is 0 Å². The lowest BCUT2D eigenvalue weighted by molar-refractivity contribution is 0.367. The topological polar surface area (TPSA) is 112 Å². The summed E-state index contributed by atoms with van der Waals surface area (Å²) in [6, 6.07) is 3.21. The summed E-state index contributed by atoms with van der Waals surface area (Å²) in [5.41, 5.74) is 5.74. The maximum absolute atomic E-state index is 11.2. The molecule has 0 bridgehead atoms. The Bertz CT molecular complexity index is 747. The van der Waals surface area contributed by atoms with E-state index in [0.29, 0.717) is 17.3 Å². The lowest BCUT2D eigenvalue weighted by Gasteiger charge is -2.17. The molecule has 1 aliphatic rings. The number of nitrogens with zero attached hydrogens (tertiary/aromatic N) is 2. The zero-order valence-electron chi connectivity index (χ0n) is 12.1. The Kier molecular flexibility index (Phi) is 4.65. The highest BCUT2D eigenvalue weighted by molar-refractivity contribution is 7.89. The fraction of sp³-hybridized carbons (Fsp3) is 0.538. The minimum atomic E-state index is -3.14. The molecule has 2 N–H and O–H groups in total. The Balaban J connectivity index is 0.00000176. The van der Waals surface area contributed by atoms with Gasteiger partial charge in [-0.15, -0.1) is 12.4 Å². The Labute approximate surface area is 134 Å². The first-order valence-corrected chi connectivity index (χ1v) is 8.82. The van der Waals surface area contributed by atoms with Gasteiger partial charge in [-0.05, 0) is 25.0 Å². The highest BCUT2D eigenvalue weighted by Crippen LogP contribution is 2.35. The molecule has 3 rings (SSSR count). The van der Waals surface area contributed by atoms with Gasteiger partial charge in [0.15, 0.2) is 21.4 Å². The van der Waals surface area contributed by atoms with E-state index in [2.05, 4.69) is 10.1 Å². The Morgan fingerprint density at radius 1 is 1.32 bits per heavy atom. The van der Waals surface area contributed by atoms with Crippen LogP contribution >= 0.6 is 12.4 Å². The molecule has 1 aliphatic carbocycles. The molecule has 0 amide bonds. The van der Waals surface area contributed by atoms with Gasteiger partial charge in [-0.2, -0.15) is 4.98 Å². The Morgan fingerprint density at radius 3 is 2.64 bits per heavy atom. The molecule has 2 aromatic heterocycles. The quantitative estimate of drug-likeness (QED) is 0.900. The number of hydrogen-bond donors (Lipinski definition) is 1. The van der Waals surface area contributed by atoms with Crippen molar-refractivity contribution in [3.05, 3.63) is 23.7 Å². The van der Waals surface area contributed by atoms with Crippen molar-refractivity contribution in [2.45, 2.75) is 37.0 Å². The normalized spacial score (nSPS) is 17.4. The average molecular weight is 348 g/mol. The summed E-state index contributed by atoms with van der Waals surface area (Å²) < 4.78 is 33.1. The molecule has 2 aromatic rings. The van der Waals surface area contributed by atoms with Crippen molar-refractivity contribution in [2.24, 2.45) is 5.73 Å². The van der Waals surface area contributed by atoms with Gasteiger partial charge in [0.25, 0.3) is 5.89 Å². The van der Waals surface area contributed by atoms with Gasteiger partial charge in [-0.1, -0.05) is 18.0 Å². The summed E-state index contributed by atoms with van der Waals surface area (Å²) >= 11 is 0. The second-order valence-electron chi connectivity index (χ2n) is 5.62. The van der Waals surface area contributed by atoms with Crippen molar-refractivity contribution in [3.8, 4) is 11.7 Å². The van der Waals surface area contributed by atoms with Crippen molar-refractivity contribution >= 4 is 22.2 Å². The lowest BCUT2D eigenvalue weighted by Crippen LogP contribution is -2.34. The predicted octanol–water partition coefficient (Wildman–Crippen LogP) is 2.02. The fourth-order valence-corrected chi connectivity index (χ4v) is 3.26. The number of nitrogens with two attached hydrogens (primary N) is 1. The molecule has 0 aromatic carbocycles. The predicted molar refractivity (Wildman–Crippen MR) is 82.1 cm³/mol. The highest BCUT2D eigenvalue weighted by atomic mass is 35.5. The fourth-order valence-electron chi connectivity index (χ4n) is 2.58. The third-order valence-corrected chi connectivity index (χ3v) is 4.45. The first-order chi connectivity index (χ1) is 9.86. The maximum Gasteiger partial charge on any atom is 0.293 e. The molecule has 2 heterocycles. The van der Waals surface area contributed by atoms with E-state index in [0.717, 1.165) is 31.9 Å². The molecular formula is C13H18ClN3O4S. The third kappa shape index (κ3) is 3.50. The van der Waals surface area contributed by atoms with E-state index in [9.17, 15) is 8.42 Å². The number of sulfone groups is 1. The molecule has 0 atom stereocenters. The highest BCUT2D eigenvalue weighted by Gasteiger charge is 2.36. The van der Waals surface area contributed by atoms with E-state index < -0.39 is 15.4 Å². The van der Waals surface area contributed by atoms with Gasteiger partial charge in [0.05, 0.1) is 5.54 Å². The van der Waals surface area contributed by atoms with E-state index in [1.165, 1.54) is 0 Å². The number of aromatic nitrogens is 2. The number of rotatable bonds is 4. The van der Waals surface area contributed by atoms with Gasteiger partial charge >= 0.3 is 0 Å². The summed E-state index contributed by atoms with van der Waals surface area (Å²) in [6.07, 6.45) is 4.93. The zero-order chi connectivity index (χ0) is 15.1. The van der Waals surface area contributed by atoms with Crippen LogP contribution in [-0.4, -0.2) is 24.8 Å². The maximum atomic E-state index is 11.2. The molecule has 7 nitrogen and oxygen atoms in total. The van der Waals surface area contributed by atoms with Crippen LogP contribution in [0.3, 0.4) is 0 Å². The number of hydrogen-bond acceptors (Lipinski definition) is 7. The van der Waals surface area contributed by atoms with Crippen molar-refractivity contribution < 1.29 is 17.4 Å². The Hall–Kier alpha value is -1.38. The third-order valence-electron chi connectivity index (χ3n) is 3.64. The van der Waals surface area contributed by atoms with Crippen LogP contribution in [-0.2, 0) is 21.1 Å². The van der Waals surface area contributed by atoms with Crippen LogP contribution in [0.15, 0.2) is 21.1 Å². The molecule has 22 heavy (non-hydrogen) atoms. The van der Waals surface area contributed by atoms with Gasteiger partial charge in [-0.25, -0.2) is 8.42 Å². The summed E-state index contributed by atoms with van der Waals surface area (Å²) in [4.78, 5) is 4.30. The van der Waals surface area contributed by atoms with E-state index in [-0.39, 0.29) is 24.1 Å². The van der Waals surface area contributed by atoms with E-state index in [4.69, 9.17) is 14.7 Å². The van der Waals surface area contributed by atoms with Crippen LogP contribution in [0.25, 0.3) is 11.7 Å². The van der Waals surface area contributed by atoms with Gasteiger partial charge in [0.2, 0.25) is 0 Å². The van der Waals surface area contributed by atoms with Crippen molar-refractivity contribution in [3.63, 3.8) is 0 Å². The zero-order valence-corrected chi connectivity index (χ0v) is 13.7. The van der Waals surface area contributed by atoms with Gasteiger partial charge < -0.3 is 14.7 Å². The standard InChI is InChI=1S/C13H17N3O4S.ClH/c1-21(17,18)8-9-4-5-10(19-9)11-15-12(16-20-11)13(14)6-2-3-7-13;/h4-5H,2-3,6-8,14H2,1H3;1H. The number of halogens is 1. The van der Waals surface area contributed by atoms with Crippen molar-refractivity contribution in [1.82, 2.24) is 10.1 Å². The smallest absolute Gasteiger partial charge is 0.293 e. The SMILES string of the molecule is CS(=O)(=O)Cc1ccc(-c2nc(C3(N)CCCC3)no2)o1.Cl. The van der Waals surface area contributed by atoms with Crippen LogP contribution in [0.1, 0.15) is 37.3 Å². The lowest BCUT2D eigenvalue weighted by atomic mass is 9.99. The molecule has 0 saturated heterocycles. The average Bonchev–Trinajstić information content (AvgIpc) is 3.05. The van der Waals surface area contributed by atoms with Crippen LogP contribution in [0.4, 0.5) is 0 Å². The van der Waals surface area contributed by atoms with Crippen LogP contribution < -0.4 is 5.73 Å². The van der Waals surface area contributed by atoms with Crippen molar-refractivity contribution in [1.29, 1.82) is 0 Å². The summed E-state index contributed by atoms with van der Waals surface area (Å²) in [5.74, 6) is 1.25. The molecular weight excluding hydrogens is 330 g/mol. The van der Waals surface area contributed by atoms with Crippen molar-refractivity contribution in [2.75, 3.05) is 6.26 Å². The van der Waals surface area contributed by atoms with Gasteiger partial charge in [0, 0.05) is 6.26 Å². The summed E-state index contributed by atoms with van der Waals surface area (Å²) in [6.45, 7) is 0. The first-order valence-electron chi connectivity index (χ1n) is 6.76. The molecule has 9 heteroatoms. The Morgan fingerprint density at radius 2 is 2.00 bits per heavy atom. The molecule has 122 valence electrons.